The van der Waals surface area contributed by atoms with Gasteiger partial charge in [-0.15, -0.1) is 0 Å². The Morgan fingerprint density at radius 1 is 1.06 bits per heavy atom. The zero-order chi connectivity index (χ0) is 21.2. The summed E-state index contributed by atoms with van der Waals surface area (Å²) < 4.78 is 7.56. The highest BCUT2D eigenvalue weighted by Gasteiger charge is 2.21. The van der Waals surface area contributed by atoms with Crippen LogP contribution in [-0.4, -0.2) is 40.4 Å². The lowest BCUT2D eigenvalue weighted by molar-refractivity contribution is 0.230. The van der Waals surface area contributed by atoms with Crippen molar-refractivity contribution in [3.05, 3.63) is 76.1 Å². The standard InChI is InChI=1S/C26H29N3O2/c1-19-7-5-14-28(19)15-6-16-31-23-12-13-24-20(17-23)10-11-21-18-25(30)29(27-26(21)24)22-8-3-2-4-9-22/h2-4,8-9,12-13,17-19H,5-7,10-11,14-16H2,1H3/t19-/m1/s1. The molecule has 1 atom stereocenters. The lowest BCUT2D eigenvalue weighted by Crippen LogP contribution is -2.28. The Kier molecular flexibility index (Phi) is 5.60. The van der Waals surface area contributed by atoms with Gasteiger partial charge in [-0.1, -0.05) is 18.2 Å². The smallest absolute Gasteiger partial charge is 0.271 e. The highest BCUT2D eigenvalue weighted by Crippen LogP contribution is 2.33. The van der Waals surface area contributed by atoms with Gasteiger partial charge < -0.3 is 9.64 Å². The van der Waals surface area contributed by atoms with Crippen molar-refractivity contribution >= 4 is 0 Å². The number of aromatic nitrogens is 2. The molecular formula is C26H29N3O2. The summed E-state index contributed by atoms with van der Waals surface area (Å²) in [5.41, 5.74) is 4.97. The van der Waals surface area contributed by atoms with Crippen LogP contribution in [-0.2, 0) is 12.8 Å². The van der Waals surface area contributed by atoms with Gasteiger partial charge in [0.2, 0.25) is 0 Å². The molecule has 2 aliphatic rings. The Morgan fingerprint density at radius 3 is 2.71 bits per heavy atom. The summed E-state index contributed by atoms with van der Waals surface area (Å²) in [6.45, 7) is 5.39. The van der Waals surface area contributed by atoms with Crippen LogP contribution in [0.1, 0.15) is 37.3 Å². The van der Waals surface area contributed by atoms with Crippen LogP contribution in [0.15, 0.2) is 59.4 Å². The molecule has 5 nitrogen and oxygen atoms in total. The first-order chi connectivity index (χ1) is 15.2. The van der Waals surface area contributed by atoms with E-state index in [4.69, 9.17) is 9.84 Å². The first-order valence-corrected chi connectivity index (χ1v) is 11.4. The lowest BCUT2D eigenvalue weighted by atomic mass is 9.89. The minimum atomic E-state index is -0.0827. The normalized spacial score (nSPS) is 17.9. The van der Waals surface area contributed by atoms with Gasteiger partial charge in [-0.25, -0.2) is 0 Å². The highest BCUT2D eigenvalue weighted by atomic mass is 16.5. The van der Waals surface area contributed by atoms with Crippen LogP contribution < -0.4 is 10.3 Å². The third kappa shape index (κ3) is 4.15. The Labute approximate surface area is 183 Å². The van der Waals surface area contributed by atoms with Crippen molar-refractivity contribution in [3.63, 3.8) is 0 Å². The number of rotatable bonds is 6. The number of benzene rings is 2. The van der Waals surface area contributed by atoms with Gasteiger partial charge in [0, 0.05) is 24.2 Å². The third-order valence-electron chi connectivity index (χ3n) is 6.56. The van der Waals surface area contributed by atoms with E-state index < -0.39 is 0 Å². The Bertz CT molecular complexity index is 1120. The number of likely N-dealkylation sites (tertiary alicyclic amines) is 1. The number of nitrogens with zero attached hydrogens (tertiary/aromatic N) is 3. The molecule has 1 aliphatic carbocycles. The zero-order valence-electron chi connectivity index (χ0n) is 18.1. The van der Waals surface area contributed by atoms with Crippen molar-refractivity contribution in [3.8, 4) is 22.7 Å². The Morgan fingerprint density at radius 2 is 1.90 bits per heavy atom. The topological polar surface area (TPSA) is 47.4 Å². The van der Waals surface area contributed by atoms with Crippen molar-refractivity contribution in [1.29, 1.82) is 0 Å². The molecule has 1 fully saturated rings. The van der Waals surface area contributed by atoms with Crippen LogP contribution in [0.2, 0.25) is 0 Å². The summed E-state index contributed by atoms with van der Waals surface area (Å²) in [5.74, 6) is 0.924. The van der Waals surface area contributed by atoms with Gasteiger partial charge >= 0.3 is 0 Å². The molecule has 0 radical (unpaired) electrons. The van der Waals surface area contributed by atoms with E-state index in [9.17, 15) is 4.79 Å². The van der Waals surface area contributed by atoms with Crippen LogP contribution in [0.5, 0.6) is 5.75 Å². The molecule has 1 aliphatic heterocycles. The van der Waals surface area contributed by atoms with Crippen molar-refractivity contribution in [1.82, 2.24) is 14.7 Å². The van der Waals surface area contributed by atoms with E-state index in [1.165, 1.54) is 29.6 Å². The lowest BCUT2D eigenvalue weighted by Gasteiger charge is -2.22. The largest absolute Gasteiger partial charge is 0.494 e. The number of ether oxygens (including phenoxy) is 1. The highest BCUT2D eigenvalue weighted by molar-refractivity contribution is 5.70. The number of para-hydroxylation sites is 1. The average molecular weight is 416 g/mol. The van der Waals surface area contributed by atoms with Crippen LogP contribution in [0.3, 0.4) is 0 Å². The van der Waals surface area contributed by atoms with E-state index in [-0.39, 0.29) is 5.56 Å². The van der Waals surface area contributed by atoms with E-state index in [0.29, 0.717) is 6.04 Å². The monoisotopic (exact) mass is 415 g/mol. The molecular weight excluding hydrogens is 386 g/mol. The van der Waals surface area contributed by atoms with Gasteiger partial charge in [-0.05, 0) is 87.0 Å². The quantitative estimate of drug-likeness (QED) is 0.565. The Hall–Kier alpha value is -2.92. The zero-order valence-corrected chi connectivity index (χ0v) is 18.1. The van der Waals surface area contributed by atoms with Gasteiger partial charge in [0.25, 0.3) is 5.56 Å². The molecule has 0 saturated carbocycles. The maximum Gasteiger partial charge on any atom is 0.271 e. The fraction of sp³-hybridized carbons (Fsp3) is 0.385. The fourth-order valence-corrected chi connectivity index (χ4v) is 4.81. The molecule has 2 aromatic carbocycles. The van der Waals surface area contributed by atoms with Gasteiger partial charge in [-0.2, -0.15) is 9.78 Å². The predicted octanol–water partition coefficient (Wildman–Crippen LogP) is 4.25. The first-order valence-electron chi connectivity index (χ1n) is 11.4. The molecule has 0 amide bonds. The summed E-state index contributed by atoms with van der Waals surface area (Å²) in [6, 6.07) is 18.3. The number of aryl methyl sites for hydroxylation is 2. The second kappa shape index (κ2) is 8.67. The van der Waals surface area contributed by atoms with E-state index in [2.05, 4.69) is 24.0 Å². The number of hydrogen-bond acceptors (Lipinski definition) is 4. The molecule has 160 valence electrons. The molecule has 3 aromatic rings. The first kappa shape index (κ1) is 20.0. The van der Waals surface area contributed by atoms with Gasteiger partial charge in [0.15, 0.2) is 0 Å². The third-order valence-corrected chi connectivity index (χ3v) is 6.56. The molecule has 1 aromatic heterocycles. The molecule has 0 unspecified atom stereocenters. The maximum absolute atomic E-state index is 12.6. The molecule has 2 heterocycles. The molecule has 0 bridgehead atoms. The second-order valence-corrected chi connectivity index (χ2v) is 8.65. The van der Waals surface area contributed by atoms with Gasteiger partial charge in [0.1, 0.15) is 5.75 Å². The minimum absolute atomic E-state index is 0.0827. The Balaban J connectivity index is 1.32. The minimum Gasteiger partial charge on any atom is -0.494 e. The molecule has 5 heteroatoms. The van der Waals surface area contributed by atoms with Crippen molar-refractivity contribution in [2.75, 3.05) is 19.7 Å². The summed E-state index contributed by atoms with van der Waals surface area (Å²) in [5, 5.41) is 4.74. The fourth-order valence-electron chi connectivity index (χ4n) is 4.81. The van der Waals surface area contributed by atoms with Gasteiger partial charge in [-0.3, -0.25) is 4.79 Å². The predicted molar refractivity (Wildman–Crippen MR) is 123 cm³/mol. The van der Waals surface area contributed by atoms with Gasteiger partial charge in [0.05, 0.1) is 18.0 Å². The van der Waals surface area contributed by atoms with E-state index in [1.807, 2.05) is 36.4 Å². The van der Waals surface area contributed by atoms with Crippen LogP contribution in [0.25, 0.3) is 16.9 Å². The van der Waals surface area contributed by atoms with E-state index in [0.717, 1.165) is 60.7 Å². The average Bonchev–Trinajstić information content (AvgIpc) is 3.21. The molecule has 1 saturated heterocycles. The van der Waals surface area contributed by atoms with Crippen molar-refractivity contribution in [2.24, 2.45) is 0 Å². The SMILES string of the molecule is C[C@@H]1CCCN1CCCOc1ccc2c(c1)CCc1cc(=O)n(-c3ccccc3)nc1-2. The van der Waals surface area contributed by atoms with E-state index >= 15 is 0 Å². The number of fused-ring (bicyclic) bond motifs is 3. The number of hydrogen-bond donors (Lipinski definition) is 0. The van der Waals surface area contributed by atoms with Crippen LogP contribution >= 0.6 is 0 Å². The summed E-state index contributed by atoms with van der Waals surface area (Å²) in [6.07, 6.45) is 5.42. The second-order valence-electron chi connectivity index (χ2n) is 8.65. The summed E-state index contributed by atoms with van der Waals surface area (Å²) in [7, 11) is 0. The summed E-state index contributed by atoms with van der Waals surface area (Å²) >= 11 is 0. The summed E-state index contributed by atoms with van der Waals surface area (Å²) in [4.78, 5) is 15.2. The van der Waals surface area contributed by atoms with Crippen molar-refractivity contribution in [2.45, 2.75) is 45.1 Å². The van der Waals surface area contributed by atoms with Crippen LogP contribution in [0, 0.1) is 0 Å². The molecule has 0 spiro atoms. The maximum atomic E-state index is 12.6. The molecule has 0 N–H and O–H groups in total. The van der Waals surface area contributed by atoms with E-state index in [1.54, 1.807) is 6.07 Å². The van der Waals surface area contributed by atoms with Crippen LogP contribution in [0.4, 0.5) is 0 Å². The molecule has 31 heavy (non-hydrogen) atoms. The van der Waals surface area contributed by atoms with Crippen molar-refractivity contribution < 1.29 is 4.74 Å². The molecule has 5 rings (SSSR count).